The third-order valence-corrected chi connectivity index (χ3v) is 16.5. The maximum Gasteiger partial charge on any atom is 0.268 e. The van der Waals surface area contributed by atoms with Gasteiger partial charge in [-0.05, 0) is 124 Å². The summed E-state index contributed by atoms with van der Waals surface area (Å²) >= 11 is 1.91. The summed E-state index contributed by atoms with van der Waals surface area (Å²) in [6, 6.07) is 73.5. The van der Waals surface area contributed by atoms with Gasteiger partial charge in [-0.1, -0.05) is 121 Å². The van der Waals surface area contributed by atoms with Crippen LogP contribution in [0.4, 0.5) is 34.1 Å². The molecule has 4 aliphatic rings. The Hall–Kier alpha value is -8.45. The van der Waals surface area contributed by atoms with Crippen LogP contribution in [0, 0.1) is 13.8 Å². The number of ether oxygens (including phenoxy) is 2. The summed E-state index contributed by atoms with van der Waals surface area (Å²) in [5, 5.41) is 6.07. The van der Waals surface area contributed by atoms with Crippen LogP contribution >= 0.6 is 11.3 Å². The molecule has 16 rings (SSSR count). The summed E-state index contributed by atoms with van der Waals surface area (Å²) in [5.74, 6) is 3.56. The lowest BCUT2D eigenvalue weighted by atomic mass is 9.34. The number of aromatic nitrogens is 1. The molecule has 10 aromatic carbocycles. The van der Waals surface area contributed by atoms with Gasteiger partial charge in [0.05, 0.1) is 22.4 Å². The lowest BCUT2D eigenvalue weighted by molar-refractivity contribution is 0.488. The van der Waals surface area contributed by atoms with Crippen LogP contribution in [0.2, 0.25) is 0 Å². The molecule has 5 nitrogen and oxygen atoms in total. The molecule has 70 heavy (non-hydrogen) atoms. The number of para-hydroxylation sites is 2. The zero-order valence-electron chi connectivity index (χ0n) is 38.3. The molecular formula is C62H39B2N3O2S. The highest BCUT2D eigenvalue weighted by atomic mass is 32.1. The van der Waals surface area contributed by atoms with Crippen LogP contribution in [0.1, 0.15) is 11.1 Å². The Kier molecular flexibility index (Phi) is 7.74. The van der Waals surface area contributed by atoms with E-state index in [1.165, 1.54) is 86.2 Å². The van der Waals surface area contributed by atoms with Crippen molar-refractivity contribution in [2.75, 3.05) is 9.80 Å². The number of hydrogen-bond donors (Lipinski definition) is 0. The fraction of sp³-hybridized carbons (Fsp3) is 0.0323. The van der Waals surface area contributed by atoms with Crippen molar-refractivity contribution in [3.63, 3.8) is 0 Å². The molecule has 0 aliphatic carbocycles. The number of thiophene rings is 1. The van der Waals surface area contributed by atoms with Gasteiger partial charge in [0.25, 0.3) is 13.4 Å². The van der Waals surface area contributed by atoms with Gasteiger partial charge in [-0.25, -0.2) is 0 Å². The first-order valence-electron chi connectivity index (χ1n) is 24.1. The number of rotatable bonds is 3. The molecule has 6 heterocycles. The fourth-order valence-electron chi connectivity index (χ4n) is 12.6. The summed E-state index contributed by atoms with van der Waals surface area (Å²) in [6.07, 6.45) is 0. The van der Waals surface area contributed by atoms with Gasteiger partial charge in [0, 0.05) is 71.6 Å². The topological polar surface area (TPSA) is 29.9 Å². The van der Waals surface area contributed by atoms with Crippen LogP contribution in [0.3, 0.4) is 0 Å². The average Bonchev–Trinajstić information content (AvgIpc) is 3.92. The van der Waals surface area contributed by atoms with E-state index < -0.39 is 0 Å². The molecule has 0 N–H and O–H groups in total. The Bertz CT molecular complexity index is 4250. The summed E-state index contributed by atoms with van der Waals surface area (Å²) < 4.78 is 19.4. The van der Waals surface area contributed by atoms with Gasteiger partial charge in [0.15, 0.2) is 0 Å². The van der Waals surface area contributed by atoms with Crippen molar-refractivity contribution in [3.05, 3.63) is 211 Å². The molecule has 0 saturated carbocycles. The average molecular weight is 912 g/mol. The highest BCUT2D eigenvalue weighted by molar-refractivity contribution is 7.33. The smallest absolute Gasteiger partial charge is 0.268 e. The minimum atomic E-state index is -0.0554. The van der Waals surface area contributed by atoms with Crippen molar-refractivity contribution in [3.8, 4) is 28.7 Å². The third-order valence-electron chi connectivity index (χ3n) is 15.3. The summed E-state index contributed by atoms with van der Waals surface area (Å²) in [7, 11) is 0. The van der Waals surface area contributed by atoms with Gasteiger partial charge in [-0.3, -0.25) is 0 Å². The van der Waals surface area contributed by atoms with Gasteiger partial charge < -0.3 is 23.8 Å². The summed E-state index contributed by atoms with van der Waals surface area (Å²) in [5.41, 5.74) is 18.8. The van der Waals surface area contributed by atoms with Gasteiger partial charge in [0.2, 0.25) is 0 Å². The first kappa shape index (κ1) is 38.5. The normalized spacial score (nSPS) is 13.7. The predicted octanol–water partition coefficient (Wildman–Crippen LogP) is 12.6. The second-order valence-electron chi connectivity index (χ2n) is 19.3. The molecule has 8 heteroatoms. The summed E-state index contributed by atoms with van der Waals surface area (Å²) in [4.78, 5) is 4.92. The largest absolute Gasteiger partial charge is 0.458 e. The minimum absolute atomic E-state index is 0.0352. The number of hydrogen-bond acceptors (Lipinski definition) is 5. The zero-order valence-corrected chi connectivity index (χ0v) is 39.1. The van der Waals surface area contributed by atoms with E-state index in [1.54, 1.807) is 0 Å². The van der Waals surface area contributed by atoms with Crippen LogP contribution in [-0.2, 0) is 0 Å². The van der Waals surface area contributed by atoms with Gasteiger partial charge in [0.1, 0.15) is 23.0 Å². The quantitative estimate of drug-likeness (QED) is 0.165. The lowest BCUT2D eigenvalue weighted by Crippen LogP contribution is -2.59. The van der Waals surface area contributed by atoms with Crippen molar-refractivity contribution in [2.45, 2.75) is 13.8 Å². The van der Waals surface area contributed by atoms with E-state index in [-0.39, 0.29) is 13.4 Å². The Morgan fingerprint density at radius 3 is 1.73 bits per heavy atom. The standard InChI is InChI=1S/C62H39B2N3O2S/c1-36-29-37(2)31-40(30-36)65-52-34-56-46(63-45-21-9-10-22-49(45)67(51-25-14-26-54(68-56)59(51)63)48-23-12-16-38-15-6-7-19-41(38)48)32-43(52)44-33-47-57(35-53(44)65)69-55-27-13-24-50-60(55)64(47)62-61(42-20-8-11-28-58(42)70-62)66(50)39-17-4-3-5-18-39/h3-35H,1-2H3. The van der Waals surface area contributed by atoms with E-state index >= 15 is 0 Å². The van der Waals surface area contributed by atoms with Crippen LogP contribution in [0.15, 0.2) is 200 Å². The minimum Gasteiger partial charge on any atom is -0.458 e. The second-order valence-corrected chi connectivity index (χ2v) is 20.4. The van der Waals surface area contributed by atoms with Gasteiger partial charge in [-0.2, -0.15) is 0 Å². The van der Waals surface area contributed by atoms with Crippen molar-refractivity contribution >= 4 is 134 Å². The number of benzene rings is 10. The number of aryl methyl sites for hydroxylation is 2. The maximum absolute atomic E-state index is 7.20. The van der Waals surface area contributed by atoms with Crippen LogP contribution in [0.25, 0.3) is 48.4 Å². The van der Waals surface area contributed by atoms with Crippen molar-refractivity contribution in [2.24, 2.45) is 0 Å². The molecule has 12 aromatic rings. The van der Waals surface area contributed by atoms with Crippen molar-refractivity contribution in [1.82, 2.24) is 4.57 Å². The highest BCUT2D eigenvalue weighted by Crippen LogP contribution is 2.48. The molecule has 2 aromatic heterocycles. The second kappa shape index (κ2) is 14.1. The molecule has 0 unspecified atom stereocenters. The maximum atomic E-state index is 7.20. The molecule has 0 radical (unpaired) electrons. The molecule has 0 amide bonds. The van der Waals surface area contributed by atoms with Crippen LogP contribution in [0.5, 0.6) is 23.0 Å². The fourth-order valence-corrected chi connectivity index (χ4v) is 13.9. The van der Waals surface area contributed by atoms with E-state index in [9.17, 15) is 0 Å². The SMILES string of the molecule is Cc1cc(C)cc(-n2c3cc4c(cc3c3cc5c(cc32)Oc2cccc3c2B5c2sc5ccccc5c2N3c2ccccc2)B2c3ccccc3N(c3cccc5ccccc35)c3cccc(c32)O4)c1. The monoisotopic (exact) mass is 911 g/mol. The van der Waals surface area contributed by atoms with Crippen LogP contribution < -0.4 is 51.4 Å². The van der Waals surface area contributed by atoms with E-state index in [1.807, 2.05) is 11.3 Å². The van der Waals surface area contributed by atoms with Crippen molar-refractivity contribution < 1.29 is 9.47 Å². The van der Waals surface area contributed by atoms with Gasteiger partial charge >= 0.3 is 0 Å². The zero-order chi connectivity index (χ0) is 45.9. The lowest BCUT2D eigenvalue weighted by Gasteiger charge is -2.40. The Morgan fingerprint density at radius 1 is 0.400 bits per heavy atom. The van der Waals surface area contributed by atoms with E-state index in [2.05, 4.69) is 228 Å². The molecule has 0 spiro atoms. The third kappa shape index (κ3) is 5.18. The molecule has 0 atom stereocenters. The van der Waals surface area contributed by atoms with E-state index in [0.29, 0.717) is 0 Å². The number of fused-ring (bicyclic) bond motifs is 14. The predicted molar refractivity (Wildman–Crippen MR) is 295 cm³/mol. The molecule has 326 valence electrons. The Morgan fingerprint density at radius 2 is 0.971 bits per heavy atom. The Balaban J connectivity index is 0.965. The molecule has 4 aliphatic heterocycles. The van der Waals surface area contributed by atoms with E-state index in [0.717, 1.165) is 62.5 Å². The first-order valence-corrected chi connectivity index (χ1v) is 25.0. The van der Waals surface area contributed by atoms with Crippen molar-refractivity contribution in [1.29, 1.82) is 0 Å². The van der Waals surface area contributed by atoms with E-state index in [4.69, 9.17) is 9.47 Å². The Labute approximate surface area is 409 Å². The van der Waals surface area contributed by atoms with Crippen LogP contribution in [-0.4, -0.2) is 18.0 Å². The number of anilines is 6. The molecule has 0 fully saturated rings. The molecule has 0 bridgehead atoms. The molecular weight excluding hydrogens is 872 g/mol. The summed E-state index contributed by atoms with van der Waals surface area (Å²) in [6.45, 7) is 4.29. The number of nitrogens with zero attached hydrogens (tertiary/aromatic N) is 3. The van der Waals surface area contributed by atoms with Gasteiger partial charge in [-0.15, -0.1) is 11.3 Å². The first-order chi connectivity index (χ1) is 34.5. The highest BCUT2D eigenvalue weighted by Gasteiger charge is 2.45. The molecule has 0 saturated heterocycles.